The number of ether oxygens (including phenoxy) is 2. The molecule has 0 heterocycles. The summed E-state index contributed by atoms with van der Waals surface area (Å²) in [7, 11) is 0. The van der Waals surface area contributed by atoms with Gasteiger partial charge in [-0.25, -0.2) is 4.79 Å². The van der Waals surface area contributed by atoms with Crippen molar-refractivity contribution in [3.8, 4) is 0 Å². The molecule has 0 aromatic rings. The topological polar surface area (TPSA) is 52.6 Å². The van der Waals surface area contributed by atoms with E-state index in [0.29, 0.717) is 13.0 Å². The first kappa shape index (κ1) is 19.9. The Bertz CT molecular complexity index is 323. The molecular formula is C17H32O4. The Balaban J connectivity index is 4.63. The molecular weight excluding hydrogens is 268 g/mol. The fourth-order valence-electron chi connectivity index (χ4n) is 2.15. The second-order valence-corrected chi connectivity index (χ2v) is 6.49. The maximum absolute atomic E-state index is 12.1. The molecule has 0 fully saturated rings. The van der Waals surface area contributed by atoms with Gasteiger partial charge < -0.3 is 9.47 Å². The summed E-state index contributed by atoms with van der Waals surface area (Å²) in [4.78, 5) is 24.0. The number of carbonyl (C=O) groups excluding carboxylic acids is 2. The molecule has 0 rings (SSSR count). The highest BCUT2D eigenvalue weighted by molar-refractivity contribution is 5.79. The van der Waals surface area contributed by atoms with Gasteiger partial charge in [0, 0.05) is 5.92 Å². The largest absolute Gasteiger partial charge is 0.463 e. The fraction of sp³-hybridized carbons (Fsp3) is 0.882. The lowest BCUT2D eigenvalue weighted by Crippen LogP contribution is -2.35. The van der Waals surface area contributed by atoms with Crippen molar-refractivity contribution in [2.24, 2.45) is 11.3 Å². The van der Waals surface area contributed by atoms with Crippen LogP contribution in [0.5, 0.6) is 0 Å². The van der Waals surface area contributed by atoms with Gasteiger partial charge in [-0.3, -0.25) is 4.79 Å². The average molecular weight is 300 g/mol. The highest BCUT2D eigenvalue weighted by atomic mass is 16.6. The van der Waals surface area contributed by atoms with E-state index in [4.69, 9.17) is 9.47 Å². The molecule has 0 radical (unpaired) electrons. The summed E-state index contributed by atoms with van der Waals surface area (Å²) in [5.41, 5.74) is -0.0955. The van der Waals surface area contributed by atoms with E-state index in [1.165, 1.54) is 0 Å². The standard InChI is InChI=1S/C17H32O4/c1-7-10-11-17(5,6)12-14(18)21-15(13(4)8-2)16(19)20-9-3/h13,15H,7-12H2,1-6H3. The summed E-state index contributed by atoms with van der Waals surface area (Å²) in [6, 6.07) is 0. The second-order valence-electron chi connectivity index (χ2n) is 6.49. The number of esters is 2. The quantitative estimate of drug-likeness (QED) is 0.570. The lowest BCUT2D eigenvalue weighted by molar-refractivity contribution is -0.172. The molecule has 0 aliphatic carbocycles. The number of hydrogen-bond acceptors (Lipinski definition) is 4. The van der Waals surface area contributed by atoms with Crippen LogP contribution in [-0.4, -0.2) is 24.6 Å². The van der Waals surface area contributed by atoms with Crippen LogP contribution in [-0.2, 0) is 19.1 Å². The molecule has 4 heteroatoms. The predicted molar refractivity (Wildman–Crippen MR) is 83.9 cm³/mol. The Morgan fingerprint density at radius 2 is 1.76 bits per heavy atom. The number of rotatable bonds is 10. The van der Waals surface area contributed by atoms with Crippen LogP contribution in [0, 0.1) is 11.3 Å². The molecule has 0 N–H and O–H groups in total. The van der Waals surface area contributed by atoms with Crippen molar-refractivity contribution in [2.75, 3.05) is 6.61 Å². The molecule has 0 aromatic carbocycles. The first-order valence-corrected chi connectivity index (χ1v) is 8.13. The van der Waals surface area contributed by atoms with E-state index in [-0.39, 0.29) is 17.3 Å². The monoisotopic (exact) mass is 300 g/mol. The van der Waals surface area contributed by atoms with Gasteiger partial charge in [-0.1, -0.05) is 47.5 Å². The zero-order chi connectivity index (χ0) is 16.5. The van der Waals surface area contributed by atoms with E-state index in [1.54, 1.807) is 6.92 Å². The van der Waals surface area contributed by atoms with Gasteiger partial charge in [-0.2, -0.15) is 0 Å². The smallest absolute Gasteiger partial charge is 0.347 e. The van der Waals surface area contributed by atoms with Crippen molar-refractivity contribution >= 4 is 11.9 Å². The van der Waals surface area contributed by atoms with Gasteiger partial charge in [-0.05, 0) is 25.2 Å². The van der Waals surface area contributed by atoms with Gasteiger partial charge in [0.15, 0.2) is 0 Å². The molecule has 2 atom stereocenters. The lowest BCUT2D eigenvalue weighted by atomic mass is 9.84. The normalized spacial score (nSPS) is 14.4. The molecule has 0 aromatic heterocycles. The maximum atomic E-state index is 12.1. The van der Waals surface area contributed by atoms with Gasteiger partial charge in [0.1, 0.15) is 0 Å². The Hall–Kier alpha value is -1.06. The van der Waals surface area contributed by atoms with Crippen LogP contribution in [0.3, 0.4) is 0 Å². The Kier molecular flexibility index (Phi) is 9.31. The van der Waals surface area contributed by atoms with Crippen LogP contribution in [0.1, 0.15) is 73.6 Å². The van der Waals surface area contributed by atoms with Gasteiger partial charge in [0.2, 0.25) is 6.10 Å². The van der Waals surface area contributed by atoms with Crippen LogP contribution in [0.4, 0.5) is 0 Å². The Morgan fingerprint density at radius 3 is 2.24 bits per heavy atom. The zero-order valence-corrected chi connectivity index (χ0v) is 14.5. The van der Waals surface area contributed by atoms with Crippen LogP contribution in [0.15, 0.2) is 0 Å². The first-order chi connectivity index (χ1) is 9.77. The van der Waals surface area contributed by atoms with Crippen molar-refractivity contribution in [2.45, 2.75) is 79.8 Å². The van der Waals surface area contributed by atoms with E-state index < -0.39 is 12.1 Å². The third kappa shape index (κ3) is 8.08. The Morgan fingerprint density at radius 1 is 1.14 bits per heavy atom. The third-order valence-electron chi connectivity index (χ3n) is 3.77. The molecule has 0 spiro atoms. The first-order valence-electron chi connectivity index (χ1n) is 8.13. The van der Waals surface area contributed by atoms with Gasteiger partial charge >= 0.3 is 11.9 Å². The summed E-state index contributed by atoms with van der Waals surface area (Å²) in [6.07, 6.45) is 3.48. The maximum Gasteiger partial charge on any atom is 0.347 e. The molecule has 0 aliphatic rings. The number of hydrogen-bond donors (Lipinski definition) is 0. The predicted octanol–water partition coefficient (Wildman–Crippen LogP) is 4.11. The van der Waals surface area contributed by atoms with E-state index in [9.17, 15) is 9.59 Å². The SMILES string of the molecule is CCCCC(C)(C)CC(=O)OC(C(=O)OCC)C(C)CC. The third-order valence-corrected chi connectivity index (χ3v) is 3.77. The van der Waals surface area contributed by atoms with Crippen LogP contribution in [0.2, 0.25) is 0 Å². The second kappa shape index (κ2) is 9.80. The van der Waals surface area contributed by atoms with Gasteiger partial charge in [0.25, 0.3) is 0 Å². The zero-order valence-electron chi connectivity index (χ0n) is 14.5. The minimum atomic E-state index is -0.788. The molecule has 0 amide bonds. The number of carbonyl (C=O) groups is 2. The summed E-state index contributed by atoms with van der Waals surface area (Å²) in [6.45, 7) is 12.2. The van der Waals surface area contributed by atoms with E-state index in [1.807, 2.05) is 13.8 Å². The summed E-state index contributed by atoms with van der Waals surface area (Å²) in [5.74, 6) is -0.784. The summed E-state index contributed by atoms with van der Waals surface area (Å²) >= 11 is 0. The Labute approximate surface area is 129 Å². The minimum absolute atomic E-state index is 0.0354. The van der Waals surface area contributed by atoms with Crippen molar-refractivity contribution in [3.05, 3.63) is 0 Å². The summed E-state index contributed by atoms with van der Waals surface area (Å²) < 4.78 is 10.4. The molecule has 124 valence electrons. The molecule has 0 bridgehead atoms. The highest BCUT2D eigenvalue weighted by Gasteiger charge is 2.31. The van der Waals surface area contributed by atoms with E-state index >= 15 is 0 Å². The minimum Gasteiger partial charge on any atom is -0.463 e. The van der Waals surface area contributed by atoms with Crippen LogP contribution < -0.4 is 0 Å². The van der Waals surface area contributed by atoms with Crippen molar-refractivity contribution in [3.63, 3.8) is 0 Å². The van der Waals surface area contributed by atoms with E-state index in [2.05, 4.69) is 20.8 Å². The molecule has 2 unspecified atom stereocenters. The van der Waals surface area contributed by atoms with Crippen molar-refractivity contribution in [1.29, 1.82) is 0 Å². The van der Waals surface area contributed by atoms with E-state index in [0.717, 1.165) is 25.7 Å². The molecule has 4 nitrogen and oxygen atoms in total. The fourth-order valence-corrected chi connectivity index (χ4v) is 2.15. The van der Waals surface area contributed by atoms with Gasteiger partial charge in [-0.15, -0.1) is 0 Å². The van der Waals surface area contributed by atoms with Crippen LogP contribution >= 0.6 is 0 Å². The van der Waals surface area contributed by atoms with Crippen molar-refractivity contribution in [1.82, 2.24) is 0 Å². The van der Waals surface area contributed by atoms with Crippen LogP contribution in [0.25, 0.3) is 0 Å². The average Bonchev–Trinajstić information content (AvgIpc) is 2.41. The molecule has 21 heavy (non-hydrogen) atoms. The molecule has 0 saturated carbocycles. The lowest BCUT2D eigenvalue weighted by Gasteiger charge is -2.26. The van der Waals surface area contributed by atoms with Gasteiger partial charge in [0.05, 0.1) is 13.0 Å². The summed E-state index contributed by atoms with van der Waals surface area (Å²) in [5, 5.41) is 0. The molecule has 0 aliphatic heterocycles. The molecule has 0 saturated heterocycles. The van der Waals surface area contributed by atoms with Crippen molar-refractivity contribution < 1.29 is 19.1 Å². The number of unbranched alkanes of at least 4 members (excludes halogenated alkanes) is 1. The highest BCUT2D eigenvalue weighted by Crippen LogP contribution is 2.28.